The zero-order valence-corrected chi connectivity index (χ0v) is 14.9. The lowest BCUT2D eigenvalue weighted by molar-refractivity contribution is -0.122. The first-order valence-electron chi connectivity index (χ1n) is 9.09. The van der Waals surface area contributed by atoms with Crippen LogP contribution in [0.5, 0.6) is 0 Å². The summed E-state index contributed by atoms with van der Waals surface area (Å²) in [5.74, 6) is -0.118. The highest BCUT2D eigenvalue weighted by atomic mass is 19.1. The van der Waals surface area contributed by atoms with Crippen LogP contribution in [-0.2, 0) is 9.59 Å². The summed E-state index contributed by atoms with van der Waals surface area (Å²) < 4.78 is 13.0. The van der Waals surface area contributed by atoms with Crippen LogP contribution in [0.15, 0.2) is 24.3 Å². The van der Waals surface area contributed by atoms with Crippen LogP contribution < -0.4 is 15.5 Å². The molecule has 138 valence electrons. The maximum absolute atomic E-state index is 13.0. The molecule has 1 aliphatic heterocycles. The molecule has 2 N–H and O–H groups in total. The molecule has 0 spiro atoms. The van der Waals surface area contributed by atoms with Crippen molar-refractivity contribution < 1.29 is 14.0 Å². The topological polar surface area (TPSA) is 61.4 Å². The molecule has 0 aromatic heterocycles. The molecule has 1 heterocycles. The minimum absolute atomic E-state index is 0.00952. The van der Waals surface area contributed by atoms with E-state index in [0.29, 0.717) is 13.0 Å². The van der Waals surface area contributed by atoms with Crippen LogP contribution in [0.4, 0.5) is 10.1 Å². The highest BCUT2D eigenvalue weighted by molar-refractivity contribution is 5.76. The van der Waals surface area contributed by atoms with Gasteiger partial charge in [0.15, 0.2) is 0 Å². The van der Waals surface area contributed by atoms with Gasteiger partial charge in [0.25, 0.3) is 0 Å². The number of rotatable bonds is 8. The van der Waals surface area contributed by atoms with Crippen LogP contribution in [-0.4, -0.2) is 37.5 Å². The maximum Gasteiger partial charge on any atom is 0.220 e. The summed E-state index contributed by atoms with van der Waals surface area (Å²) in [5, 5.41) is 5.87. The summed E-state index contributed by atoms with van der Waals surface area (Å²) >= 11 is 0. The molecule has 0 saturated carbocycles. The second-order valence-electron chi connectivity index (χ2n) is 6.60. The summed E-state index contributed by atoms with van der Waals surface area (Å²) in [4.78, 5) is 25.0. The predicted octanol–water partition coefficient (Wildman–Crippen LogP) is 2.61. The van der Waals surface area contributed by atoms with E-state index >= 15 is 0 Å². The Morgan fingerprint density at radius 3 is 2.44 bits per heavy atom. The third kappa shape index (κ3) is 7.11. The Balaban J connectivity index is 1.59. The predicted molar refractivity (Wildman–Crippen MR) is 96.9 cm³/mol. The SMILES string of the molecule is CC(=O)NCCCCCC(=O)NC1CCN(c2ccc(F)cc2)CC1. The van der Waals surface area contributed by atoms with Gasteiger partial charge in [0, 0.05) is 44.7 Å². The van der Waals surface area contributed by atoms with Gasteiger partial charge in [-0.3, -0.25) is 9.59 Å². The number of halogens is 1. The van der Waals surface area contributed by atoms with E-state index in [1.807, 2.05) is 0 Å². The zero-order chi connectivity index (χ0) is 18.1. The minimum atomic E-state index is -0.219. The minimum Gasteiger partial charge on any atom is -0.371 e. The first-order chi connectivity index (χ1) is 12.0. The number of carbonyl (C=O) groups excluding carboxylic acids is 2. The molecule has 5 nitrogen and oxygen atoms in total. The van der Waals surface area contributed by atoms with Crippen molar-refractivity contribution in [3.8, 4) is 0 Å². The molecule has 2 amide bonds. The number of benzene rings is 1. The Morgan fingerprint density at radius 1 is 1.12 bits per heavy atom. The number of hydrogen-bond acceptors (Lipinski definition) is 3. The maximum atomic E-state index is 13.0. The summed E-state index contributed by atoms with van der Waals surface area (Å²) in [6, 6.07) is 6.79. The van der Waals surface area contributed by atoms with E-state index < -0.39 is 0 Å². The van der Waals surface area contributed by atoms with E-state index in [4.69, 9.17) is 0 Å². The number of carbonyl (C=O) groups is 2. The fraction of sp³-hybridized carbons (Fsp3) is 0.579. The number of piperidine rings is 1. The molecular weight excluding hydrogens is 321 g/mol. The third-order valence-corrected chi connectivity index (χ3v) is 4.51. The summed E-state index contributed by atoms with van der Waals surface area (Å²) in [7, 11) is 0. The zero-order valence-electron chi connectivity index (χ0n) is 14.9. The lowest BCUT2D eigenvalue weighted by Crippen LogP contribution is -2.44. The number of anilines is 1. The lowest BCUT2D eigenvalue weighted by Gasteiger charge is -2.34. The molecule has 0 radical (unpaired) electrons. The Labute approximate surface area is 149 Å². The first-order valence-corrected chi connectivity index (χ1v) is 9.09. The van der Waals surface area contributed by atoms with Gasteiger partial charge in [0.1, 0.15) is 5.82 Å². The second-order valence-corrected chi connectivity index (χ2v) is 6.60. The highest BCUT2D eigenvalue weighted by Gasteiger charge is 2.20. The van der Waals surface area contributed by atoms with Gasteiger partial charge in [-0.15, -0.1) is 0 Å². The average Bonchev–Trinajstić information content (AvgIpc) is 2.59. The fourth-order valence-corrected chi connectivity index (χ4v) is 3.09. The van der Waals surface area contributed by atoms with Crippen LogP contribution in [0.2, 0.25) is 0 Å². The van der Waals surface area contributed by atoms with Crippen LogP contribution in [0.25, 0.3) is 0 Å². The normalized spacial score (nSPS) is 15.0. The molecule has 1 aliphatic rings. The van der Waals surface area contributed by atoms with Crippen molar-refractivity contribution in [2.24, 2.45) is 0 Å². The largest absolute Gasteiger partial charge is 0.371 e. The molecule has 25 heavy (non-hydrogen) atoms. The van der Waals surface area contributed by atoms with Gasteiger partial charge in [0.2, 0.25) is 11.8 Å². The van der Waals surface area contributed by atoms with E-state index in [-0.39, 0.29) is 23.7 Å². The molecule has 0 atom stereocenters. The van der Waals surface area contributed by atoms with E-state index in [9.17, 15) is 14.0 Å². The molecule has 2 rings (SSSR count). The van der Waals surface area contributed by atoms with Crippen molar-refractivity contribution in [1.29, 1.82) is 0 Å². The molecule has 1 aromatic carbocycles. The van der Waals surface area contributed by atoms with Crippen LogP contribution in [0.1, 0.15) is 45.4 Å². The van der Waals surface area contributed by atoms with Crippen LogP contribution in [0.3, 0.4) is 0 Å². The monoisotopic (exact) mass is 349 g/mol. The van der Waals surface area contributed by atoms with Gasteiger partial charge in [-0.25, -0.2) is 4.39 Å². The number of hydrogen-bond donors (Lipinski definition) is 2. The van der Waals surface area contributed by atoms with Crippen LogP contribution >= 0.6 is 0 Å². The highest BCUT2D eigenvalue weighted by Crippen LogP contribution is 2.20. The molecule has 6 heteroatoms. The Morgan fingerprint density at radius 2 is 1.80 bits per heavy atom. The van der Waals surface area contributed by atoms with E-state index in [1.165, 1.54) is 19.1 Å². The second kappa shape index (κ2) is 10.0. The van der Waals surface area contributed by atoms with Crippen molar-refractivity contribution >= 4 is 17.5 Å². The molecule has 0 aliphatic carbocycles. The van der Waals surface area contributed by atoms with Gasteiger partial charge >= 0.3 is 0 Å². The summed E-state index contributed by atoms with van der Waals surface area (Å²) in [6.45, 7) is 3.92. The van der Waals surface area contributed by atoms with E-state index in [0.717, 1.165) is 50.9 Å². The molecule has 0 bridgehead atoms. The van der Waals surface area contributed by atoms with Gasteiger partial charge in [-0.2, -0.15) is 0 Å². The van der Waals surface area contributed by atoms with Crippen molar-refractivity contribution in [2.75, 3.05) is 24.5 Å². The van der Waals surface area contributed by atoms with Crippen molar-refractivity contribution in [2.45, 2.75) is 51.5 Å². The molecule has 1 aromatic rings. The fourth-order valence-electron chi connectivity index (χ4n) is 3.09. The average molecular weight is 349 g/mol. The Hall–Kier alpha value is -2.11. The summed E-state index contributed by atoms with van der Waals surface area (Å²) in [5.41, 5.74) is 1.03. The van der Waals surface area contributed by atoms with Gasteiger partial charge in [-0.05, 0) is 49.9 Å². The standard InChI is InChI=1S/C19H28FN3O2/c1-15(24)21-12-4-2-3-5-19(25)22-17-10-13-23(14-11-17)18-8-6-16(20)7-9-18/h6-9,17H,2-5,10-14H2,1H3,(H,21,24)(H,22,25). The number of unbranched alkanes of at least 4 members (excludes halogenated alkanes) is 2. The molecular formula is C19H28FN3O2. The molecule has 1 saturated heterocycles. The van der Waals surface area contributed by atoms with Gasteiger partial charge in [0.05, 0.1) is 0 Å². The molecule has 0 unspecified atom stereocenters. The number of nitrogens with zero attached hydrogens (tertiary/aromatic N) is 1. The van der Waals surface area contributed by atoms with E-state index in [1.54, 1.807) is 12.1 Å². The number of amides is 2. The Kier molecular flexibility index (Phi) is 7.70. The smallest absolute Gasteiger partial charge is 0.220 e. The van der Waals surface area contributed by atoms with Crippen molar-refractivity contribution in [3.05, 3.63) is 30.1 Å². The quantitative estimate of drug-likeness (QED) is 0.709. The van der Waals surface area contributed by atoms with Crippen LogP contribution in [0, 0.1) is 5.82 Å². The Bertz CT molecular complexity index is 554. The lowest BCUT2D eigenvalue weighted by atomic mass is 10.0. The number of nitrogens with one attached hydrogen (secondary N) is 2. The van der Waals surface area contributed by atoms with Gasteiger partial charge < -0.3 is 15.5 Å². The molecule has 1 fully saturated rings. The third-order valence-electron chi connectivity index (χ3n) is 4.51. The van der Waals surface area contributed by atoms with Crippen molar-refractivity contribution in [3.63, 3.8) is 0 Å². The van der Waals surface area contributed by atoms with E-state index in [2.05, 4.69) is 15.5 Å². The summed E-state index contributed by atoms with van der Waals surface area (Å²) in [6.07, 6.45) is 5.05. The van der Waals surface area contributed by atoms with Gasteiger partial charge in [-0.1, -0.05) is 6.42 Å². The first kappa shape index (κ1) is 19.2. The van der Waals surface area contributed by atoms with Crippen molar-refractivity contribution in [1.82, 2.24) is 10.6 Å².